The van der Waals surface area contributed by atoms with Gasteiger partial charge in [-0.05, 0) is 42.7 Å². The van der Waals surface area contributed by atoms with Crippen molar-refractivity contribution < 1.29 is 5.11 Å². The van der Waals surface area contributed by atoms with Gasteiger partial charge in [-0.2, -0.15) is 0 Å². The molecule has 0 spiro atoms. The average Bonchev–Trinajstić information content (AvgIpc) is 2.69. The Hall–Kier alpha value is -3.40. The van der Waals surface area contributed by atoms with Gasteiger partial charge >= 0.3 is 0 Å². The molecule has 0 amide bonds. The fourth-order valence-corrected chi connectivity index (χ4v) is 3.12. The second kappa shape index (κ2) is 7.87. The highest BCUT2D eigenvalue weighted by atomic mass is 16.3. The molecule has 0 fully saturated rings. The quantitative estimate of drug-likeness (QED) is 0.714. The van der Waals surface area contributed by atoms with Gasteiger partial charge in [-0.15, -0.1) is 0 Å². The normalized spacial score (nSPS) is 10.6. The van der Waals surface area contributed by atoms with Crippen LogP contribution < -0.4 is 5.56 Å². The fraction of sp³-hybridized carbons (Fsp3) is 0.130. The summed E-state index contributed by atoms with van der Waals surface area (Å²) in [6.07, 6.45) is 4.15. The van der Waals surface area contributed by atoms with Gasteiger partial charge < -0.3 is 5.11 Å². The lowest BCUT2D eigenvalue weighted by Gasteiger charge is -2.15. The Morgan fingerprint density at radius 2 is 1.78 bits per heavy atom. The van der Waals surface area contributed by atoms with Gasteiger partial charge in [0.15, 0.2) is 0 Å². The van der Waals surface area contributed by atoms with Crippen molar-refractivity contribution in [1.82, 2.24) is 9.55 Å². The van der Waals surface area contributed by atoms with E-state index in [1.165, 1.54) is 6.08 Å². The number of para-hydroxylation sites is 2. The standard InChI is InChI=1S/C23H22N2O2/c1-4-19-20(5-2)24-21(15-14-17-11-9-10-16(3)22(17)26)25(23(19)27)18-12-7-6-8-13-18/h4-13,26H,1-2,14-15H2,3H3. The minimum atomic E-state index is -0.176. The molecule has 1 N–H and O–H groups in total. The van der Waals surface area contributed by atoms with Crippen molar-refractivity contribution in [2.45, 2.75) is 19.8 Å². The molecule has 0 saturated carbocycles. The minimum absolute atomic E-state index is 0.176. The van der Waals surface area contributed by atoms with Crippen LogP contribution in [0, 0.1) is 6.92 Å². The van der Waals surface area contributed by atoms with Crippen molar-refractivity contribution in [2.24, 2.45) is 0 Å². The number of rotatable bonds is 6. The second-order valence-electron chi connectivity index (χ2n) is 6.29. The van der Waals surface area contributed by atoms with E-state index in [1.54, 1.807) is 10.6 Å². The number of aryl methyl sites for hydroxylation is 3. The highest BCUT2D eigenvalue weighted by Gasteiger charge is 2.15. The second-order valence-corrected chi connectivity index (χ2v) is 6.29. The van der Waals surface area contributed by atoms with Gasteiger partial charge in [0.25, 0.3) is 5.56 Å². The summed E-state index contributed by atoms with van der Waals surface area (Å²) in [5, 5.41) is 10.3. The van der Waals surface area contributed by atoms with Gasteiger partial charge in [0.05, 0.1) is 16.9 Å². The number of phenols is 1. The van der Waals surface area contributed by atoms with Crippen LogP contribution in [0.1, 0.15) is 28.2 Å². The molecule has 1 heterocycles. The summed E-state index contributed by atoms with van der Waals surface area (Å²) in [7, 11) is 0. The van der Waals surface area contributed by atoms with Crippen LogP contribution >= 0.6 is 0 Å². The van der Waals surface area contributed by atoms with Crippen LogP contribution in [0.5, 0.6) is 5.75 Å². The lowest BCUT2D eigenvalue weighted by atomic mass is 10.0. The lowest BCUT2D eigenvalue weighted by Crippen LogP contribution is -2.27. The predicted molar refractivity (Wildman–Crippen MR) is 110 cm³/mol. The number of hydrogen-bond acceptors (Lipinski definition) is 3. The van der Waals surface area contributed by atoms with E-state index in [0.717, 1.165) is 16.8 Å². The molecule has 136 valence electrons. The van der Waals surface area contributed by atoms with Gasteiger partial charge in [0, 0.05) is 6.42 Å². The van der Waals surface area contributed by atoms with Crippen LogP contribution in [-0.2, 0) is 12.8 Å². The Morgan fingerprint density at radius 1 is 1.04 bits per heavy atom. The van der Waals surface area contributed by atoms with E-state index in [-0.39, 0.29) is 11.3 Å². The molecule has 2 aromatic carbocycles. The van der Waals surface area contributed by atoms with Crippen molar-refractivity contribution in [3.63, 3.8) is 0 Å². The van der Waals surface area contributed by atoms with Gasteiger partial charge in [0.1, 0.15) is 11.6 Å². The van der Waals surface area contributed by atoms with Crippen molar-refractivity contribution >= 4 is 12.2 Å². The molecule has 0 saturated heterocycles. The summed E-state index contributed by atoms with van der Waals surface area (Å²) in [5.41, 5.74) is 3.18. The highest BCUT2D eigenvalue weighted by molar-refractivity contribution is 5.60. The fourth-order valence-electron chi connectivity index (χ4n) is 3.12. The zero-order chi connectivity index (χ0) is 19.4. The number of aromatic nitrogens is 2. The van der Waals surface area contributed by atoms with E-state index in [4.69, 9.17) is 0 Å². The van der Waals surface area contributed by atoms with Gasteiger partial charge in [0.2, 0.25) is 0 Å². The van der Waals surface area contributed by atoms with E-state index in [1.807, 2.05) is 55.5 Å². The third kappa shape index (κ3) is 3.60. The maximum Gasteiger partial charge on any atom is 0.265 e. The largest absolute Gasteiger partial charge is 0.507 e. The predicted octanol–water partition coefficient (Wildman–Crippen LogP) is 4.32. The highest BCUT2D eigenvalue weighted by Crippen LogP contribution is 2.23. The first-order chi connectivity index (χ1) is 13.1. The average molecular weight is 358 g/mol. The van der Waals surface area contributed by atoms with Crippen molar-refractivity contribution in [3.8, 4) is 11.4 Å². The molecule has 1 aromatic heterocycles. The van der Waals surface area contributed by atoms with Crippen molar-refractivity contribution in [2.75, 3.05) is 0 Å². The molecule has 4 heteroatoms. The van der Waals surface area contributed by atoms with Crippen LogP contribution in [0.25, 0.3) is 17.8 Å². The number of hydrogen-bond donors (Lipinski definition) is 1. The summed E-state index contributed by atoms with van der Waals surface area (Å²) in [6, 6.07) is 15.1. The zero-order valence-corrected chi connectivity index (χ0v) is 15.4. The maximum absolute atomic E-state index is 13.1. The molecule has 3 aromatic rings. The molecule has 0 radical (unpaired) electrons. The summed E-state index contributed by atoms with van der Waals surface area (Å²) < 4.78 is 1.61. The topological polar surface area (TPSA) is 55.1 Å². The molecule has 0 aliphatic heterocycles. The Kier molecular flexibility index (Phi) is 5.36. The molecule has 0 bridgehead atoms. The lowest BCUT2D eigenvalue weighted by molar-refractivity contribution is 0.463. The molecule has 3 rings (SSSR count). The van der Waals surface area contributed by atoms with E-state index in [0.29, 0.717) is 29.9 Å². The number of aromatic hydroxyl groups is 1. The summed E-state index contributed by atoms with van der Waals surface area (Å²) in [5.74, 6) is 0.908. The van der Waals surface area contributed by atoms with Crippen molar-refractivity contribution in [1.29, 1.82) is 0 Å². The van der Waals surface area contributed by atoms with Crippen molar-refractivity contribution in [3.05, 3.63) is 100 Å². The van der Waals surface area contributed by atoms with Crippen LogP contribution in [-0.4, -0.2) is 14.7 Å². The molecular weight excluding hydrogens is 336 g/mol. The first-order valence-corrected chi connectivity index (χ1v) is 8.80. The molecule has 0 aliphatic rings. The first-order valence-electron chi connectivity index (χ1n) is 8.80. The Labute approximate surface area is 158 Å². The third-order valence-electron chi connectivity index (χ3n) is 4.57. The number of nitrogens with zero attached hydrogens (tertiary/aromatic N) is 2. The molecule has 27 heavy (non-hydrogen) atoms. The van der Waals surface area contributed by atoms with E-state index >= 15 is 0 Å². The SMILES string of the molecule is C=Cc1nc(CCc2cccc(C)c2O)n(-c2ccccc2)c(=O)c1C=C. The maximum atomic E-state index is 13.1. The van der Waals surface area contributed by atoms with Crippen LogP contribution in [0.15, 0.2) is 66.5 Å². The van der Waals surface area contributed by atoms with Crippen LogP contribution in [0.4, 0.5) is 0 Å². The van der Waals surface area contributed by atoms with E-state index in [9.17, 15) is 9.90 Å². The number of benzene rings is 2. The third-order valence-corrected chi connectivity index (χ3v) is 4.57. The zero-order valence-electron chi connectivity index (χ0n) is 15.4. The van der Waals surface area contributed by atoms with Crippen LogP contribution in [0.2, 0.25) is 0 Å². The number of phenolic OH excluding ortho intramolecular Hbond substituents is 1. The Bertz CT molecular complexity index is 1050. The summed E-state index contributed by atoms with van der Waals surface area (Å²) in [4.78, 5) is 17.7. The molecular formula is C23H22N2O2. The molecule has 0 aliphatic carbocycles. The van der Waals surface area contributed by atoms with Gasteiger partial charge in [-0.1, -0.05) is 55.6 Å². The monoisotopic (exact) mass is 358 g/mol. The molecule has 0 atom stereocenters. The van der Waals surface area contributed by atoms with E-state index < -0.39 is 0 Å². The van der Waals surface area contributed by atoms with E-state index in [2.05, 4.69) is 18.1 Å². The summed E-state index contributed by atoms with van der Waals surface area (Å²) in [6.45, 7) is 9.38. The van der Waals surface area contributed by atoms with Gasteiger partial charge in [-0.3, -0.25) is 9.36 Å². The molecule has 0 unspecified atom stereocenters. The van der Waals surface area contributed by atoms with Crippen LogP contribution in [0.3, 0.4) is 0 Å². The van der Waals surface area contributed by atoms with Gasteiger partial charge in [-0.25, -0.2) is 4.98 Å². The minimum Gasteiger partial charge on any atom is -0.507 e. The smallest absolute Gasteiger partial charge is 0.265 e. The Morgan fingerprint density at radius 3 is 2.44 bits per heavy atom. The first kappa shape index (κ1) is 18.4. The molecule has 4 nitrogen and oxygen atoms in total. The summed E-state index contributed by atoms with van der Waals surface area (Å²) >= 11 is 0. The Balaban J connectivity index is 2.12.